The third-order valence-corrected chi connectivity index (χ3v) is 3.34. The zero-order valence-corrected chi connectivity index (χ0v) is 11.8. The lowest BCUT2D eigenvalue weighted by molar-refractivity contribution is 0.457. The Labute approximate surface area is 109 Å². The molecule has 0 aliphatic rings. The van der Waals surface area contributed by atoms with Gasteiger partial charge in [0.25, 0.3) is 0 Å². The molecule has 1 heterocycles. The molecule has 104 valence electrons. The van der Waals surface area contributed by atoms with Crippen molar-refractivity contribution in [3.63, 3.8) is 0 Å². The fraction of sp³-hybridized carbons (Fsp3) is 0.667. The van der Waals surface area contributed by atoms with E-state index in [1.54, 1.807) is 6.26 Å². The highest BCUT2D eigenvalue weighted by molar-refractivity contribution is 7.88. The lowest BCUT2D eigenvalue weighted by Gasteiger charge is -2.12. The molecule has 1 aromatic rings. The molecule has 0 spiro atoms. The van der Waals surface area contributed by atoms with Gasteiger partial charge in [-0.05, 0) is 38.4 Å². The normalized spacial score (nSPS) is 13.7. The summed E-state index contributed by atoms with van der Waals surface area (Å²) < 4.78 is 29.4. The van der Waals surface area contributed by atoms with Crippen LogP contribution in [0.3, 0.4) is 0 Å². The largest absolute Gasteiger partial charge is 0.469 e. The van der Waals surface area contributed by atoms with Gasteiger partial charge in [0.15, 0.2) is 0 Å². The van der Waals surface area contributed by atoms with Gasteiger partial charge < -0.3 is 9.73 Å². The highest BCUT2D eigenvalue weighted by Gasteiger charge is 2.04. The van der Waals surface area contributed by atoms with E-state index in [1.807, 2.05) is 12.1 Å². The van der Waals surface area contributed by atoms with Gasteiger partial charge in [-0.1, -0.05) is 0 Å². The summed E-state index contributed by atoms with van der Waals surface area (Å²) in [5, 5.41) is 3.35. The quantitative estimate of drug-likeness (QED) is 0.662. The van der Waals surface area contributed by atoms with E-state index in [-0.39, 0.29) is 0 Å². The van der Waals surface area contributed by atoms with E-state index in [9.17, 15) is 8.42 Å². The number of hydrogen-bond acceptors (Lipinski definition) is 4. The van der Waals surface area contributed by atoms with Crippen molar-refractivity contribution in [2.24, 2.45) is 0 Å². The van der Waals surface area contributed by atoms with E-state index in [0.29, 0.717) is 12.6 Å². The van der Waals surface area contributed by atoms with Crippen LogP contribution in [0.1, 0.15) is 25.5 Å². The zero-order valence-electron chi connectivity index (χ0n) is 11.0. The van der Waals surface area contributed by atoms with E-state index in [2.05, 4.69) is 17.0 Å². The first-order valence-electron chi connectivity index (χ1n) is 6.18. The minimum absolute atomic E-state index is 0.397. The summed E-state index contributed by atoms with van der Waals surface area (Å²) in [5.41, 5.74) is 0. The second-order valence-electron chi connectivity index (χ2n) is 4.49. The highest BCUT2D eigenvalue weighted by atomic mass is 32.2. The van der Waals surface area contributed by atoms with Crippen LogP contribution >= 0.6 is 0 Å². The molecule has 0 aliphatic heterocycles. The van der Waals surface area contributed by atoms with Crippen molar-refractivity contribution in [1.82, 2.24) is 10.0 Å². The Morgan fingerprint density at radius 3 is 2.78 bits per heavy atom. The maximum absolute atomic E-state index is 10.8. The van der Waals surface area contributed by atoms with Gasteiger partial charge >= 0.3 is 0 Å². The molecule has 0 aliphatic carbocycles. The van der Waals surface area contributed by atoms with Crippen LogP contribution in [0, 0.1) is 0 Å². The highest BCUT2D eigenvalue weighted by Crippen LogP contribution is 2.05. The molecular weight excluding hydrogens is 252 g/mol. The summed E-state index contributed by atoms with van der Waals surface area (Å²) in [4.78, 5) is 0. The van der Waals surface area contributed by atoms with Crippen LogP contribution in [-0.2, 0) is 16.4 Å². The van der Waals surface area contributed by atoms with Crippen LogP contribution in [0.2, 0.25) is 0 Å². The molecule has 1 aromatic heterocycles. The van der Waals surface area contributed by atoms with Gasteiger partial charge in [0.2, 0.25) is 10.0 Å². The summed E-state index contributed by atoms with van der Waals surface area (Å²) in [5.74, 6) is 1.00. The fourth-order valence-corrected chi connectivity index (χ4v) is 2.13. The summed E-state index contributed by atoms with van der Waals surface area (Å²) in [6, 6.07) is 4.26. The predicted octanol–water partition coefficient (Wildman–Crippen LogP) is 1.13. The Kier molecular flexibility index (Phi) is 6.38. The Morgan fingerprint density at radius 2 is 2.17 bits per heavy atom. The molecule has 1 atom stereocenters. The van der Waals surface area contributed by atoms with Crippen molar-refractivity contribution < 1.29 is 12.8 Å². The van der Waals surface area contributed by atoms with Crippen LogP contribution in [-0.4, -0.2) is 33.8 Å². The number of sulfonamides is 1. The van der Waals surface area contributed by atoms with Crippen molar-refractivity contribution in [2.75, 3.05) is 19.3 Å². The van der Waals surface area contributed by atoms with Crippen LogP contribution in [0.15, 0.2) is 22.8 Å². The Morgan fingerprint density at radius 1 is 1.39 bits per heavy atom. The minimum atomic E-state index is -3.05. The van der Waals surface area contributed by atoms with Crippen molar-refractivity contribution >= 4 is 10.0 Å². The fourth-order valence-electron chi connectivity index (χ4n) is 1.61. The number of furan rings is 1. The average Bonchev–Trinajstić information content (AvgIpc) is 2.77. The van der Waals surface area contributed by atoms with Crippen molar-refractivity contribution in [3.05, 3.63) is 24.2 Å². The second kappa shape index (κ2) is 7.56. The molecule has 2 N–H and O–H groups in total. The van der Waals surface area contributed by atoms with Crippen LogP contribution in [0.5, 0.6) is 0 Å². The number of aryl methyl sites for hydroxylation is 1. The maximum Gasteiger partial charge on any atom is 0.208 e. The van der Waals surface area contributed by atoms with Gasteiger partial charge in [0.1, 0.15) is 5.76 Å². The number of nitrogens with one attached hydrogen (secondary N) is 2. The first-order chi connectivity index (χ1) is 8.47. The van der Waals surface area contributed by atoms with E-state index in [4.69, 9.17) is 4.42 Å². The molecule has 0 amide bonds. The second-order valence-corrected chi connectivity index (χ2v) is 6.33. The number of hydrogen-bond donors (Lipinski definition) is 2. The lowest BCUT2D eigenvalue weighted by Crippen LogP contribution is -2.31. The van der Waals surface area contributed by atoms with Crippen LogP contribution in [0.4, 0.5) is 0 Å². The standard InChI is InChI=1S/C12H22N2O3S/c1-11(6-7-12-5-3-10-17-12)13-8-4-9-14-18(2,15)16/h3,5,10-11,13-14H,4,6-9H2,1-2H3. The summed E-state index contributed by atoms with van der Waals surface area (Å²) in [7, 11) is -3.05. The molecule has 0 fully saturated rings. The van der Waals surface area contributed by atoms with Crippen LogP contribution in [0.25, 0.3) is 0 Å². The van der Waals surface area contributed by atoms with E-state index >= 15 is 0 Å². The summed E-state index contributed by atoms with van der Waals surface area (Å²) >= 11 is 0. The Balaban J connectivity index is 2.01. The summed E-state index contributed by atoms with van der Waals surface area (Å²) in [6.45, 7) is 3.41. The first-order valence-corrected chi connectivity index (χ1v) is 8.07. The van der Waals surface area contributed by atoms with Gasteiger partial charge in [-0.3, -0.25) is 0 Å². The summed E-state index contributed by atoms with van der Waals surface area (Å²) in [6.07, 6.45) is 5.57. The molecule has 0 radical (unpaired) electrons. The topological polar surface area (TPSA) is 71.3 Å². The molecule has 1 unspecified atom stereocenters. The van der Waals surface area contributed by atoms with Crippen molar-refractivity contribution in [2.45, 2.75) is 32.2 Å². The monoisotopic (exact) mass is 274 g/mol. The van der Waals surface area contributed by atoms with Gasteiger partial charge in [-0.25, -0.2) is 13.1 Å². The van der Waals surface area contributed by atoms with Gasteiger partial charge in [-0.15, -0.1) is 0 Å². The molecule has 0 saturated carbocycles. The zero-order chi connectivity index (χ0) is 13.4. The van der Waals surface area contributed by atoms with E-state index in [1.165, 1.54) is 6.26 Å². The maximum atomic E-state index is 10.8. The van der Waals surface area contributed by atoms with E-state index < -0.39 is 10.0 Å². The third kappa shape index (κ3) is 7.47. The molecule has 6 heteroatoms. The molecule has 0 aromatic carbocycles. The minimum Gasteiger partial charge on any atom is -0.469 e. The van der Waals surface area contributed by atoms with Crippen molar-refractivity contribution in [3.8, 4) is 0 Å². The van der Waals surface area contributed by atoms with Gasteiger partial charge in [0.05, 0.1) is 12.5 Å². The van der Waals surface area contributed by atoms with Crippen LogP contribution < -0.4 is 10.0 Å². The predicted molar refractivity (Wildman–Crippen MR) is 72.0 cm³/mol. The first kappa shape index (κ1) is 15.2. The molecule has 5 nitrogen and oxygen atoms in total. The average molecular weight is 274 g/mol. The van der Waals surface area contributed by atoms with Crippen molar-refractivity contribution in [1.29, 1.82) is 0 Å². The third-order valence-electron chi connectivity index (χ3n) is 2.61. The molecule has 0 saturated heterocycles. The Bertz CT molecular complexity index is 415. The van der Waals surface area contributed by atoms with E-state index in [0.717, 1.165) is 31.6 Å². The molecule has 0 bridgehead atoms. The lowest BCUT2D eigenvalue weighted by atomic mass is 10.1. The molecule has 18 heavy (non-hydrogen) atoms. The number of rotatable bonds is 9. The van der Waals surface area contributed by atoms with Gasteiger partial charge in [-0.2, -0.15) is 0 Å². The molecule has 1 rings (SSSR count). The molecular formula is C12H22N2O3S. The van der Waals surface area contributed by atoms with Gasteiger partial charge in [0, 0.05) is 19.0 Å². The SMILES string of the molecule is CC(CCc1ccco1)NCCCNS(C)(=O)=O. The Hall–Kier alpha value is -0.850. The smallest absolute Gasteiger partial charge is 0.208 e.